The smallest absolute Gasteiger partial charge is 0.334 e. The maximum Gasteiger partial charge on any atom is 0.334 e. The number of ketones is 1. The maximum atomic E-state index is 14.1. The van der Waals surface area contributed by atoms with Crippen LogP contribution in [-0.2, 0) is 30.5 Å². The Morgan fingerprint density at radius 3 is 2.03 bits per heavy atom. The summed E-state index contributed by atoms with van der Waals surface area (Å²) in [5, 5.41) is 0. The molecule has 0 saturated carbocycles. The molecule has 1 aliphatic heterocycles. The summed E-state index contributed by atoms with van der Waals surface area (Å²) in [6, 6.07) is 12.2. The Balaban J connectivity index is 2.04. The SMILES string of the molecule is CC(C)c1ccc2c(c1)OC1(OC(=O)C(C)(C)C)c3ccccc3C(=O)C21OC(=O)C(C)(C)C. The normalized spacial score (nSPS) is 23.1. The van der Waals surface area contributed by atoms with Crippen molar-refractivity contribution in [2.45, 2.75) is 72.7 Å². The summed E-state index contributed by atoms with van der Waals surface area (Å²) in [6.45, 7) is 14.4. The zero-order valence-electron chi connectivity index (χ0n) is 21.1. The fraction of sp³-hybridized carbons (Fsp3) is 0.464. The third kappa shape index (κ3) is 3.26. The first-order valence-corrected chi connectivity index (χ1v) is 11.6. The second-order valence-electron chi connectivity index (χ2n) is 11.5. The monoisotopic (exact) mass is 464 g/mol. The molecule has 4 rings (SSSR count). The van der Waals surface area contributed by atoms with Crippen LogP contribution in [0.15, 0.2) is 42.5 Å². The van der Waals surface area contributed by atoms with E-state index >= 15 is 0 Å². The minimum absolute atomic E-state index is 0.193. The van der Waals surface area contributed by atoms with Crippen LogP contribution in [0.4, 0.5) is 0 Å². The van der Waals surface area contributed by atoms with Gasteiger partial charge in [0, 0.05) is 5.56 Å². The van der Waals surface area contributed by atoms with Crippen molar-refractivity contribution in [3.8, 4) is 5.75 Å². The van der Waals surface area contributed by atoms with Crippen LogP contribution in [0.3, 0.4) is 0 Å². The highest BCUT2D eigenvalue weighted by molar-refractivity contribution is 6.11. The van der Waals surface area contributed by atoms with Gasteiger partial charge in [-0.3, -0.25) is 14.4 Å². The van der Waals surface area contributed by atoms with E-state index in [4.69, 9.17) is 14.2 Å². The van der Waals surface area contributed by atoms with Gasteiger partial charge in [0.2, 0.25) is 5.78 Å². The van der Waals surface area contributed by atoms with Crippen molar-refractivity contribution in [1.29, 1.82) is 0 Å². The molecule has 2 aromatic carbocycles. The first kappa shape index (κ1) is 24.0. The standard InChI is InChI=1S/C28H32O6/c1-16(2)17-13-14-20-21(15-17)32-28(34-24(31)26(6,7)8)19-12-10-9-11-18(19)22(29)27(20,28)33-23(30)25(3,4)5/h9-16H,1-8H3. The quantitative estimate of drug-likeness (QED) is 0.548. The van der Waals surface area contributed by atoms with Crippen molar-refractivity contribution in [2.24, 2.45) is 10.8 Å². The van der Waals surface area contributed by atoms with E-state index in [9.17, 15) is 14.4 Å². The number of carbonyl (C=O) groups is 3. The largest absolute Gasteiger partial charge is 0.444 e. The van der Waals surface area contributed by atoms with Crippen LogP contribution in [0, 0.1) is 10.8 Å². The summed E-state index contributed by atoms with van der Waals surface area (Å²) in [6.07, 6.45) is 0. The molecular weight excluding hydrogens is 432 g/mol. The van der Waals surface area contributed by atoms with Crippen LogP contribution in [0.25, 0.3) is 0 Å². The first-order valence-electron chi connectivity index (χ1n) is 11.6. The van der Waals surface area contributed by atoms with E-state index in [2.05, 4.69) is 0 Å². The third-order valence-electron chi connectivity index (χ3n) is 6.32. The molecule has 1 heterocycles. The topological polar surface area (TPSA) is 78.9 Å². The Morgan fingerprint density at radius 2 is 1.44 bits per heavy atom. The van der Waals surface area contributed by atoms with Crippen molar-refractivity contribution in [2.75, 3.05) is 0 Å². The van der Waals surface area contributed by atoms with Gasteiger partial charge >= 0.3 is 17.7 Å². The molecule has 6 nitrogen and oxygen atoms in total. The summed E-state index contributed by atoms with van der Waals surface area (Å²) < 4.78 is 18.7. The van der Waals surface area contributed by atoms with Gasteiger partial charge in [-0.2, -0.15) is 0 Å². The van der Waals surface area contributed by atoms with Gasteiger partial charge in [-0.05, 0) is 59.1 Å². The van der Waals surface area contributed by atoms with Gasteiger partial charge in [-0.15, -0.1) is 0 Å². The molecule has 2 atom stereocenters. The summed E-state index contributed by atoms with van der Waals surface area (Å²) in [4.78, 5) is 40.7. The van der Waals surface area contributed by atoms with Gasteiger partial charge in [-0.25, -0.2) is 0 Å². The van der Waals surface area contributed by atoms with Crippen LogP contribution in [-0.4, -0.2) is 17.7 Å². The van der Waals surface area contributed by atoms with E-state index in [0.29, 0.717) is 22.4 Å². The van der Waals surface area contributed by atoms with Crippen molar-refractivity contribution < 1.29 is 28.6 Å². The number of esters is 2. The van der Waals surface area contributed by atoms with Crippen LogP contribution in [0.1, 0.15) is 88.4 Å². The lowest BCUT2D eigenvalue weighted by molar-refractivity contribution is -0.263. The van der Waals surface area contributed by atoms with Gasteiger partial charge in [0.15, 0.2) is 0 Å². The fourth-order valence-corrected chi connectivity index (χ4v) is 4.24. The van der Waals surface area contributed by atoms with Crippen LogP contribution < -0.4 is 4.74 Å². The summed E-state index contributed by atoms with van der Waals surface area (Å²) in [5.74, 6) is -3.07. The molecule has 0 saturated heterocycles. The van der Waals surface area contributed by atoms with E-state index in [-0.39, 0.29) is 5.92 Å². The van der Waals surface area contributed by atoms with E-state index in [0.717, 1.165) is 5.56 Å². The lowest BCUT2D eigenvalue weighted by Gasteiger charge is -2.39. The molecule has 6 heteroatoms. The van der Waals surface area contributed by atoms with Crippen LogP contribution >= 0.6 is 0 Å². The number of Topliss-reactive ketones (excluding diaryl/α,β-unsaturated/α-hetero) is 1. The maximum absolute atomic E-state index is 14.1. The number of carbonyl (C=O) groups excluding carboxylic acids is 3. The predicted octanol–water partition coefficient (Wildman–Crippen LogP) is 5.63. The van der Waals surface area contributed by atoms with Gasteiger partial charge in [0.1, 0.15) is 5.75 Å². The Hall–Kier alpha value is -3.15. The van der Waals surface area contributed by atoms with Crippen molar-refractivity contribution >= 4 is 17.7 Å². The highest BCUT2D eigenvalue weighted by Gasteiger charge is 2.77. The van der Waals surface area contributed by atoms with E-state index < -0.39 is 39.9 Å². The average molecular weight is 465 g/mol. The molecule has 0 radical (unpaired) electrons. The van der Waals surface area contributed by atoms with Gasteiger partial charge < -0.3 is 14.2 Å². The predicted molar refractivity (Wildman–Crippen MR) is 126 cm³/mol. The zero-order chi connectivity index (χ0) is 25.3. The molecule has 180 valence electrons. The second-order valence-corrected chi connectivity index (χ2v) is 11.5. The van der Waals surface area contributed by atoms with E-state index in [1.165, 1.54) is 0 Å². The third-order valence-corrected chi connectivity index (χ3v) is 6.32. The molecule has 0 spiro atoms. The van der Waals surface area contributed by atoms with Crippen LogP contribution in [0.5, 0.6) is 5.75 Å². The number of benzene rings is 2. The highest BCUT2D eigenvalue weighted by Crippen LogP contribution is 2.63. The van der Waals surface area contributed by atoms with Crippen molar-refractivity contribution in [1.82, 2.24) is 0 Å². The Bertz CT molecular complexity index is 1200. The number of ether oxygens (including phenoxy) is 3. The van der Waals surface area contributed by atoms with E-state index in [1.54, 1.807) is 71.9 Å². The highest BCUT2D eigenvalue weighted by atomic mass is 16.8. The molecule has 2 aliphatic rings. The van der Waals surface area contributed by atoms with E-state index in [1.807, 2.05) is 26.0 Å². The van der Waals surface area contributed by atoms with Gasteiger partial charge in [0.05, 0.1) is 22.0 Å². The minimum atomic E-state index is -1.99. The number of rotatable bonds is 3. The molecule has 1 aliphatic carbocycles. The average Bonchev–Trinajstić information content (AvgIpc) is 3.11. The zero-order valence-corrected chi connectivity index (χ0v) is 21.1. The van der Waals surface area contributed by atoms with Crippen molar-refractivity contribution in [3.05, 3.63) is 64.7 Å². The molecule has 0 bridgehead atoms. The molecule has 0 fully saturated rings. The lowest BCUT2D eigenvalue weighted by atomic mass is 9.84. The first-order chi connectivity index (χ1) is 15.6. The lowest BCUT2D eigenvalue weighted by Crippen LogP contribution is -2.56. The van der Waals surface area contributed by atoms with Gasteiger partial charge in [0.25, 0.3) is 5.60 Å². The minimum Gasteiger partial charge on any atom is -0.444 e. The summed E-state index contributed by atoms with van der Waals surface area (Å²) in [7, 11) is 0. The molecule has 2 unspecified atom stereocenters. The molecular formula is C28H32O6. The summed E-state index contributed by atoms with van der Waals surface area (Å²) >= 11 is 0. The Kier molecular flexibility index (Phi) is 5.24. The molecule has 0 aromatic heterocycles. The molecule has 2 aromatic rings. The fourth-order valence-electron chi connectivity index (χ4n) is 4.24. The Labute approximate surface area is 200 Å². The number of hydrogen-bond donors (Lipinski definition) is 0. The van der Waals surface area contributed by atoms with Crippen LogP contribution in [0.2, 0.25) is 0 Å². The van der Waals surface area contributed by atoms with Crippen molar-refractivity contribution in [3.63, 3.8) is 0 Å². The van der Waals surface area contributed by atoms with Gasteiger partial charge in [-0.1, -0.05) is 50.2 Å². The molecule has 0 N–H and O–H groups in total. The molecule has 34 heavy (non-hydrogen) atoms. The Morgan fingerprint density at radius 1 is 0.853 bits per heavy atom. The summed E-state index contributed by atoms with van der Waals surface area (Å²) in [5.41, 5.74) is -1.79. The number of hydrogen-bond acceptors (Lipinski definition) is 6. The second kappa shape index (κ2) is 7.42. The molecule has 0 amide bonds. The number of fused-ring (bicyclic) bond motifs is 5.